The van der Waals surface area contributed by atoms with Crippen molar-refractivity contribution < 1.29 is 9.53 Å². The quantitative estimate of drug-likeness (QED) is 0.592. The first-order chi connectivity index (χ1) is 11.2. The lowest BCUT2D eigenvalue weighted by molar-refractivity contribution is -0.121. The molecule has 2 aromatic rings. The summed E-state index contributed by atoms with van der Waals surface area (Å²) in [6.45, 7) is 2.87. The Hall–Kier alpha value is -2.39. The Morgan fingerprint density at radius 3 is 2.57 bits per heavy atom. The molecule has 1 unspecified atom stereocenters. The van der Waals surface area contributed by atoms with Crippen LogP contribution in [0.25, 0.3) is 6.08 Å². The van der Waals surface area contributed by atoms with E-state index in [1.54, 1.807) is 6.08 Å². The monoisotopic (exact) mass is 308 g/mol. The summed E-state index contributed by atoms with van der Waals surface area (Å²) in [6.07, 6.45) is 5.70. The van der Waals surface area contributed by atoms with Gasteiger partial charge in [0.05, 0.1) is 13.7 Å². The van der Waals surface area contributed by atoms with Crippen LogP contribution in [0, 0.1) is 0 Å². The number of hydrogen-bond donors (Lipinski definition) is 0. The molecule has 1 atom stereocenters. The summed E-state index contributed by atoms with van der Waals surface area (Å²) in [5, 5.41) is 0. The number of unbranched alkanes of at least 4 members (excludes halogenated alkanes) is 1. The largest absolute Gasteiger partial charge is 0.494 e. The minimum Gasteiger partial charge on any atom is -0.494 e. The fourth-order valence-corrected chi connectivity index (χ4v) is 2.92. The summed E-state index contributed by atoms with van der Waals surface area (Å²) in [6, 6.07) is 15.9. The van der Waals surface area contributed by atoms with E-state index in [4.69, 9.17) is 4.74 Å². The predicted octanol–water partition coefficient (Wildman–Crippen LogP) is 4.69. The van der Waals surface area contributed by atoms with Gasteiger partial charge in [-0.15, -0.1) is 0 Å². The standard InChI is InChI=1S/C20H22NO2/c1-3-4-14-23-18-11-12-19-16(15-18)10-13-20(22)21(19,2)17-8-6-5-7-9-17/h5-13,15H,3-4,14H2,1-2H3/q+1. The van der Waals surface area contributed by atoms with Gasteiger partial charge in [-0.05, 0) is 24.6 Å². The summed E-state index contributed by atoms with van der Waals surface area (Å²) in [4.78, 5) is 12.6. The van der Waals surface area contributed by atoms with Crippen molar-refractivity contribution in [2.75, 3.05) is 13.7 Å². The summed E-state index contributed by atoms with van der Waals surface area (Å²) < 4.78 is 5.94. The first-order valence-electron chi connectivity index (χ1n) is 8.08. The Bertz CT molecular complexity index is 737. The van der Waals surface area contributed by atoms with Crippen LogP contribution in [0.3, 0.4) is 0 Å². The van der Waals surface area contributed by atoms with Crippen LogP contribution in [-0.2, 0) is 4.79 Å². The third-order valence-corrected chi connectivity index (χ3v) is 4.37. The number of fused-ring (bicyclic) bond motifs is 1. The zero-order valence-corrected chi connectivity index (χ0v) is 13.7. The smallest absolute Gasteiger partial charge is 0.348 e. The molecule has 1 amide bonds. The molecule has 0 bridgehead atoms. The molecule has 3 nitrogen and oxygen atoms in total. The van der Waals surface area contributed by atoms with Gasteiger partial charge in [-0.3, -0.25) is 0 Å². The highest BCUT2D eigenvalue weighted by Gasteiger charge is 2.39. The molecule has 3 rings (SSSR count). The van der Waals surface area contributed by atoms with Crippen molar-refractivity contribution in [3.8, 4) is 5.75 Å². The number of likely N-dealkylation sites (N-methyl/N-ethyl adjacent to an activating group) is 1. The molecular formula is C20H22NO2+. The number of hydrogen-bond acceptors (Lipinski definition) is 2. The van der Waals surface area contributed by atoms with E-state index in [1.807, 2.05) is 61.7 Å². The molecule has 0 saturated heterocycles. The van der Waals surface area contributed by atoms with Gasteiger partial charge in [-0.25, -0.2) is 4.79 Å². The summed E-state index contributed by atoms with van der Waals surface area (Å²) in [7, 11) is 1.94. The number of benzene rings is 2. The van der Waals surface area contributed by atoms with Gasteiger partial charge in [0.15, 0.2) is 5.69 Å². The van der Waals surface area contributed by atoms with Crippen molar-refractivity contribution in [2.24, 2.45) is 0 Å². The first kappa shape index (κ1) is 15.5. The summed E-state index contributed by atoms with van der Waals surface area (Å²) in [5.74, 6) is 0.916. The Kier molecular flexibility index (Phi) is 4.30. The van der Waals surface area contributed by atoms with Crippen molar-refractivity contribution in [1.29, 1.82) is 0 Å². The Morgan fingerprint density at radius 1 is 1.04 bits per heavy atom. The summed E-state index contributed by atoms with van der Waals surface area (Å²) >= 11 is 0. The number of nitrogens with zero attached hydrogens (tertiary/aromatic N) is 1. The third-order valence-electron chi connectivity index (χ3n) is 4.37. The van der Waals surface area contributed by atoms with Crippen molar-refractivity contribution in [1.82, 2.24) is 4.48 Å². The summed E-state index contributed by atoms with van der Waals surface area (Å²) in [5.41, 5.74) is 2.97. The molecule has 3 heteroatoms. The molecule has 118 valence electrons. The third kappa shape index (κ3) is 2.80. The van der Waals surface area contributed by atoms with E-state index in [-0.39, 0.29) is 10.4 Å². The molecule has 0 N–H and O–H groups in total. The van der Waals surface area contributed by atoms with E-state index in [0.29, 0.717) is 0 Å². The molecule has 0 fully saturated rings. The average molecular weight is 308 g/mol. The molecule has 0 aromatic heterocycles. The van der Waals surface area contributed by atoms with Crippen molar-refractivity contribution >= 4 is 23.4 Å². The van der Waals surface area contributed by atoms with Crippen LogP contribution in [0.15, 0.2) is 54.6 Å². The number of rotatable bonds is 5. The Balaban J connectivity index is 2.00. The lowest BCUT2D eigenvalue weighted by Crippen LogP contribution is -2.46. The van der Waals surface area contributed by atoms with Crippen molar-refractivity contribution in [3.63, 3.8) is 0 Å². The highest BCUT2D eigenvalue weighted by Crippen LogP contribution is 2.40. The first-order valence-corrected chi connectivity index (χ1v) is 8.08. The van der Waals surface area contributed by atoms with E-state index in [1.165, 1.54) is 0 Å². The molecule has 2 aromatic carbocycles. The van der Waals surface area contributed by atoms with Crippen LogP contribution in [0.5, 0.6) is 5.75 Å². The van der Waals surface area contributed by atoms with E-state index in [0.717, 1.165) is 42.1 Å². The van der Waals surface area contributed by atoms with E-state index in [2.05, 4.69) is 6.92 Å². The maximum Gasteiger partial charge on any atom is 0.348 e. The number of amides is 1. The van der Waals surface area contributed by atoms with Gasteiger partial charge < -0.3 is 4.74 Å². The van der Waals surface area contributed by atoms with Gasteiger partial charge in [0, 0.05) is 29.8 Å². The second-order valence-electron chi connectivity index (χ2n) is 5.94. The van der Waals surface area contributed by atoms with Gasteiger partial charge in [-0.2, -0.15) is 4.48 Å². The predicted molar refractivity (Wildman–Crippen MR) is 94.7 cm³/mol. The van der Waals surface area contributed by atoms with Crippen LogP contribution in [0.2, 0.25) is 0 Å². The minimum atomic E-state index is 0.0587. The highest BCUT2D eigenvalue weighted by molar-refractivity contribution is 6.08. The van der Waals surface area contributed by atoms with Crippen LogP contribution >= 0.6 is 0 Å². The number of ether oxygens (including phenoxy) is 1. The number of carbonyl (C=O) groups excluding carboxylic acids is 1. The number of para-hydroxylation sites is 1. The van der Waals surface area contributed by atoms with Gasteiger partial charge in [-0.1, -0.05) is 31.5 Å². The van der Waals surface area contributed by atoms with Crippen LogP contribution in [0.1, 0.15) is 25.3 Å². The topological polar surface area (TPSA) is 26.3 Å². The molecule has 23 heavy (non-hydrogen) atoms. The number of quaternary nitrogens is 1. The molecule has 1 aliphatic heterocycles. The van der Waals surface area contributed by atoms with E-state index >= 15 is 0 Å². The van der Waals surface area contributed by atoms with Gasteiger partial charge in [0.1, 0.15) is 11.4 Å². The Morgan fingerprint density at radius 2 is 1.83 bits per heavy atom. The lowest BCUT2D eigenvalue weighted by Gasteiger charge is -2.33. The molecule has 0 radical (unpaired) electrons. The van der Waals surface area contributed by atoms with Gasteiger partial charge in [0.2, 0.25) is 0 Å². The molecule has 0 spiro atoms. The maximum atomic E-state index is 12.6. The van der Waals surface area contributed by atoms with E-state index in [9.17, 15) is 4.79 Å². The second kappa shape index (κ2) is 6.39. The van der Waals surface area contributed by atoms with Crippen molar-refractivity contribution in [3.05, 3.63) is 60.2 Å². The number of carbonyl (C=O) groups is 1. The lowest BCUT2D eigenvalue weighted by atomic mass is 10.0. The van der Waals surface area contributed by atoms with Crippen LogP contribution < -0.4 is 9.22 Å². The van der Waals surface area contributed by atoms with Crippen molar-refractivity contribution in [2.45, 2.75) is 19.8 Å². The molecule has 1 heterocycles. The van der Waals surface area contributed by atoms with Gasteiger partial charge in [0.25, 0.3) is 0 Å². The fraction of sp³-hybridized carbons (Fsp3) is 0.250. The second-order valence-corrected chi connectivity index (χ2v) is 5.94. The molecular weight excluding hydrogens is 286 g/mol. The SMILES string of the molecule is CCCCOc1ccc2c(c1)C=CC(=O)[N+]2(C)c1ccccc1. The normalized spacial score (nSPS) is 19.5. The Labute approximate surface area is 137 Å². The minimum absolute atomic E-state index is 0.0587. The maximum absolute atomic E-state index is 12.6. The fourth-order valence-electron chi connectivity index (χ4n) is 2.92. The zero-order valence-electron chi connectivity index (χ0n) is 13.7. The van der Waals surface area contributed by atoms with Gasteiger partial charge >= 0.3 is 5.91 Å². The van der Waals surface area contributed by atoms with E-state index < -0.39 is 0 Å². The highest BCUT2D eigenvalue weighted by atomic mass is 16.5. The molecule has 0 aliphatic carbocycles. The average Bonchev–Trinajstić information content (AvgIpc) is 2.59. The molecule has 0 saturated carbocycles. The molecule has 1 aliphatic rings. The van der Waals surface area contributed by atoms with Crippen LogP contribution in [0.4, 0.5) is 11.4 Å². The zero-order chi connectivity index (χ0) is 16.3. The van der Waals surface area contributed by atoms with Crippen LogP contribution in [-0.4, -0.2) is 19.6 Å².